The van der Waals surface area contributed by atoms with E-state index >= 15 is 0 Å². The first kappa shape index (κ1) is 14.2. The maximum absolute atomic E-state index is 5.56. The maximum atomic E-state index is 5.56. The van der Waals surface area contributed by atoms with Gasteiger partial charge in [0.1, 0.15) is 5.75 Å². The monoisotopic (exact) mass is 367 g/mol. The third kappa shape index (κ3) is 4.74. The van der Waals surface area contributed by atoms with E-state index in [1.165, 1.54) is 9.13 Å². The Morgan fingerprint density at radius 1 is 1.00 bits per heavy atom. The van der Waals surface area contributed by atoms with E-state index in [4.69, 9.17) is 4.74 Å². The van der Waals surface area contributed by atoms with Gasteiger partial charge in [0.05, 0.1) is 6.61 Å². The van der Waals surface area contributed by atoms with Crippen LogP contribution in [0.25, 0.3) is 0 Å². The Morgan fingerprint density at radius 3 is 2.32 bits per heavy atom. The molecule has 1 N–H and O–H groups in total. The van der Waals surface area contributed by atoms with Gasteiger partial charge in [-0.1, -0.05) is 19.1 Å². The molecule has 0 aliphatic heterocycles. The highest BCUT2D eigenvalue weighted by molar-refractivity contribution is 14.1. The molecule has 0 saturated heterocycles. The summed E-state index contributed by atoms with van der Waals surface area (Å²) in [7, 11) is 0. The standard InChI is InChI=1S/C16H18INO/c1-2-11-19-16-9-3-13(4-10-16)12-18-15-7-5-14(17)6-8-15/h3-10,18H,2,11-12H2,1H3. The number of benzene rings is 2. The number of halogens is 1. The minimum atomic E-state index is 0.778. The van der Waals surface area contributed by atoms with Crippen LogP contribution in [-0.4, -0.2) is 6.61 Å². The van der Waals surface area contributed by atoms with Gasteiger partial charge >= 0.3 is 0 Å². The fourth-order valence-corrected chi connectivity index (χ4v) is 2.05. The molecular weight excluding hydrogens is 349 g/mol. The van der Waals surface area contributed by atoms with Crippen molar-refractivity contribution in [2.75, 3.05) is 11.9 Å². The minimum absolute atomic E-state index is 0.778. The molecule has 0 spiro atoms. The summed E-state index contributed by atoms with van der Waals surface area (Å²) < 4.78 is 6.82. The van der Waals surface area contributed by atoms with Crippen molar-refractivity contribution in [2.24, 2.45) is 0 Å². The molecule has 0 aromatic heterocycles. The van der Waals surface area contributed by atoms with Crippen LogP contribution in [0.3, 0.4) is 0 Å². The molecule has 2 nitrogen and oxygen atoms in total. The molecule has 0 unspecified atom stereocenters. The van der Waals surface area contributed by atoms with E-state index in [0.29, 0.717) is 0 Å². The van der Waals surface area contributed by atoms with Crippen molar-refractivity contribution < 1.29 is 4.74 Å². The highest BCUT2D eigenvalue weighted by atomic mass is 127. The van der Waals surface area contributed by atoms with Gasteiger partial charge in [0.25, 0.3) is 0 Å². The highest BCUT2D eigenvalue weighted by Gasteiger charge is 1.96. The summed E-state index contributed by atoms with van der Waals surface area (Å²) in [5, 5.41) is 3.41. The predicted molar refractivity (Wildman–Crippen MR) is 88.7 cm³/mol. The molecule has 0 amide bonds. The van der Waals surface area contributed by atoms with Crippen LogP contribution in [0.15, 0.2) is 48.5 Å². The van der Waals surface area contributed by atoms with Crippen LogP contribution < -0.4 is 10.1 Å². The number of rotatable bonds is 6. The number of anilines is 1. The fraction of sp³-hybridized carbons (Fsp3) is 0.250. The molecule has 0 heterocycles. The summed E-state index contributed by atoms with van der Waals surface area (Å²) in [4.78, 5) is 0. The van der Waals surface area contributed by atoms with Gasteiger partial charge in [-0.2, -0.15) is 0 Å². The van der Waals surface area contributed by atoms with Gasteiger partial charge in [-0.3, -0.25) is 0 Å². The molecule has 0 aliphatic rings. The Labute approximate surface area is 128 Å². The molecule has 0 saturated carbocycles. The Bertz CT molecular complexity index is 493. The van der Waals surface area contributed by atoms with Crippen molar-refractivity contribution in [1.29, 1.82) is 0 Å². The van der Waals surface area contributed by atoms with Gasteiger partial charge in [0.2, 0.25) is 0 Å². The van der Waals surface area contributed by atoms with E-state index in [-0.39, 0.29) is 0 Å². The third-order valence-corrected chi connectivity index (χ3v) is 3.46. The van der Waals surface area contributed by atoms with E-state index in [2.05, 4.69) is 71.2 Å². The van der Waals surface area contributed by atoms with Gasteiger partial charge in [0.15, 0.2) is 0 Å². The topological polar surface area (TPSA) is 21.3 Å². The lowest BCUT2D eigenvalue weighted by molar-refractivity contribution is 0.317. The molecule has 100 valence electrons. The van der Waals surface area contributed by atoms with Gasteiger partial charge in [0, 0.05) is 15.8 Å². The Balaban J connectivity index is 1.87. The van der Waals surface area contributed by atoms with E-state index < -0.39 is 0 Å². The predicted octanol–water partition coefficient (Wildman–Crippen LogP) is 4.69. The lowest BCUT2D eigenvalue weighted by atomic mass is 10.2. The molecular formula is C16H18INO. The number of nitrogens with one attached hydrogen (secondary N) is 1. The van der Waals surface area contributed by atoms with Crippen LogP contribution in [0, 0.1) is 3.57 Å². The summed E-state index contributed by atoms with van der Waals surface area (Å²) >= 11 is 2.31. The number of hydrogen-bond acceptors (Lipinski definition) is 2. The Hall–Kier alpha value is -1.23. The van der Waals surface area contributed by atoms with Crippen molar-refractivity contribution in [3.05, 3.63) is 57.7 Å². The lowest BCUT2D eigenvalue weighted by Crippen LogP contribution is -2.00. The quantitative estimate of drug-likeness (QED) is 0.748. The van der Waals surface area contributed by atoms with Crippen LogP contribution in [0.5, 0.6) is 5.75 Å². The summed E-state index contributed by atoms with van der Waals surface area (Å²) in [6, 6.07) is 16.7. The molecule has 0 radical (unpaired) electrons. The van der Waals surface area contributed by atoms with Crippen molar-refractivity contribution in [2.45, 2.75) is 19.9 Å². The summed E-state index contributed by atoms with van der Waals surface area (Å²) in [5.74, 6) is 0.944. The molecule has 0 atom stereocenters. The molecule has 3 heteroatoms. The second-order valence-corrected chi connectivity index (χ2v) is 5.60. The summed E-state index contributed by atoms with van der Waals surface area (Å²) in [6.07, 6.45) is 1.04. The largest absolute Gasteiger partial charge is 0.494 e. The smallest absolute Gasteiger partial charge is 0.119 e. The second kappa shape index (κ2) is 7.38. The average Bonchev–Trinajstić information content (AvgIpc) is 2.46. The van der Waals surface area contributed by atoms with Gasteiger partial charge < -0.3 is 10.1 Å². The molecule has 0 bridgehead atoms. The van der Waals surface area contributed by atoms with E-state index in [0.717, 1.165) is 31.0 Å². The SMILES string of the molecule is CCCOc1ccc(CNc2ccc(I)cc2)cc1. The van der Waals surface area contributed by atoms with Crippen LogP contribution in [0.2, 0.25) is 0 Å². The molecule has 2 rings (SSSR count). The van der Waals surface area contributed by atoms with Crippen LogP contribution >= 0.6 is 22.6 Å². The second-order valence-electron chi connectivity index (χ2n) is 4.35. The zero-order valence-electron chi connectivity index (χ0n) is 11.0. The van der Waals surface area contributed by atoms with Gasteiger partial charge in [-0.15, -0.1) is 0 Å². The molecule has 19 heavy (non-hydrogen) atoms. The first-order valence-corrected chi connectivity index (χ1v) is 7.57. The van der Waals surface area contributed by atoms with E-state index in [1.807, 2.05) is 12.1 Å². The average molecular weight is 367 g/mol. The van der Waals surface area contributed by atoms with Crippen molar-refractivity contribution in [1.82, 2.24) is 0 Å². The van der Waals surface area contributed by atoms with Crippen LogP contribution in [0.1, 0.15) is 18.9 Å². The lowest BCUT2D eigenvalue weighted by Gasteiger charge is -2.08. The van der Waals surface area contributed by atoms with Crippen LogP contribution in [0.4, 0.5) is 5.69 Å². The van der Waals surface area contributed by atoms with Crippen molar-refractivity contribution >= 4 is 28.3 Å². The third-order valence-electron chi connectivity index (χ3n) is 2.74. The maximum Gasteiger partial charge on any atom is 0.119 e. The summed E-state index contributed by atoms with van der Waals surface area (Å²) in [5.41, 5.74) is 2.40. The first-order valence-electron chi connectivity index (χ1n) is 6.49. The molecule has 2 aromatic rings. The van der Waals surface area contributed by atoms with E-state index in [1.54, 1.807) is 0 Å². The normalized spacial score (nSPS) is 10.2. The van der Waals surface area contributed by atoms with E-state index in [9.17, 15) is 0 Å². The zero-order valence-corrected chi connectivity index (χ0v) is 13.2. The van der Waals surface area contributed by atoms with Gasteiger partial charge in [-0.05, 0) is 71.0 Å². The Morgan fingerprint density at radius 2 is 1.68 bits per heavy atom. The number of hydrogen-bond donors (Lipinski definition) is 1. The van der Waals surface area contributed by atoms with Crippen LogP contribution in [-0.2, 0) is 6.54 Å². The van der Waals surface area contributed by atoms with Gasteiger partial charge in [-0.25, -0.2) is 0 Å². The zero-order chi connectivity index (χ0) is 13.5. The molecule has 0 fully saturated rings. The molecule has 2 aromatic carbocycles. The fourth-order valence-electron chi connectivity index (χ4n) is 1.70. The Kier molecular flexibility index (Phi) is 5.51. The highest BCUT2D eigenvalue weighted by Crippen LogP contribution is 2.15. The minimum Gasteiger partial charge on any atom is -0.494 e. The number of ether oxygens (including phenoxy) is 1. The summed E-state index contributed by atoms with van der Waals surface area (Å²) in [6.45, 7) is 3.72. The first-order chi connectivity index (χ1) is 9.28. The van der Waals surface area contributed by atoms with Crippen molar-refractivity contribution in [3.8, 4) is 5.75 Å². The van der Waals surface area contributed by atoms with Crippen molar-refractivity contribution in [3.63, 3.8) is 0 Å². The molecule has 0 aliphatic carbocycles.